The Labute approximate surface area is 191 Å². The van der Waals surface area contributed by atoms with Crippen LogP contribution in [0.5, 0.6) is 0 Å². The van der Waals surface area contributed by atoms with Gasteiger partial charge in [0, 0.05) is 18.4 Å². The molecule has 2 saturated carbocycles. The van der Waals surface area contributed by atoms with E-state index in [1.54, 1.807) is 52.1 Å². The van der Waals surface area contributed by atoms with Gasteiger partial charge < -0.3 is 24.8 Å². The number of alkyl carbamates (subject to hydrolysis) is 1. The van der Waals surface area contributed by atoms with Crippen molar-refractivity contribution in [3.63, 3.8) is 0 Å². The van der Waals surface area contributed by atoms with Gasteiger partial charge in [-0.3, -0.25) is 9.59 Å². The van der Waals surface area contributed by atoms with E-state index in [2.05, 4.69) is 10.6 Å². The molecule has 176 valence electrons. The van der Waals surface area contributed by atoms with E-state index in [1.165, 1.54) is 11.3 Å². The first-order valence-corrected chi connectivity index (χ1v) is 11.6. The molecule has 10 heteroatoms. The maximum absolute atomic E-state index is 13.1. The molecule has 1 aromatic rings. The first-order valence-electron chi connectivity index (χ1n) is 10.7. The average molecular weight is 467 g/mol. The van der Waals surface area contributed by atoms with Gasteiger partial charge in [-0.15, -0.1) is 11.3 Å². The number of amides is 2. The van der Waals surface area contributed by atoms with Crippen molar-refractivity contribution >= 4 is 35.3 Å². The van der Waals surface area contributed by atoms with Crippen LogP contribution >= 0.6 is 11.3 Å². The van der Waals surface area contributed by atoms with Crippen LogP contribution in [0.25, 0.3) is 0 Å². The fraction of sp³-hybridized carbons (Fsp3) is 0.636. The van der Waals surface area contributed by atoms with Gasteiger partial charge in [-0.2, -0.15) is 0 Å². The summed E-state index contributed by atoms with van der Waals surface area (Å²) in [6, 6.07) is 2.94. The number of fused-ring (bicyclic) bond motifs is 1. The van der Waals surface area contributed by atoms with Gasteiger partial charge >= 0.3 is 18.0 Å². The molecule has 1 heterocycles. The van der Waals surface area contributed by atoms with E-state index >= 15 is 0 Å². The number of carbonyl (C=O) groups is 4. The molecule has 0 aliphatic heterocycles. The fourth-order valence-electron chi connectivity index (χ4n) is 4.58. The monoisotopic (exact) mass is 466 g/mol. The number of esters is 2. The second kappa shape index (κ2) is 9.09. The Morgan fingerprint density at radius 3 is 2.41 bits per heavy atom. The fourth-order valence-corrected chi connectivity index (χ4v) is 5.20. The SMILES string of the molecule is CCOC(=O)C1C2C(NC(=O)c3cccs3)CC(NC(=O)OC(C)(C)C)(C(=O)OCC)C12. The topological polar surface area (TPSA) is 120 Å². The van der Waals surface area contributed by atoms with Crippen molar-refractivity contribution in [1.29, 1.82) is 0 Å². The van der Waals surface area contributed by atoms with Crippen molar-refractivity contribution in [1.82, 2.24) is 10.6 Å². The summed E-state index contributed by atoms with van der Waals surface area (Å²) < 4.78 is 15.9. The molecule has 3 rings (SSSR count). The van der Waals surface area contributed by atoms with Crippen molar-refractivity contribution in [2.75, 3.05) is 13.2 Å². The van der Waals surface area contributed by atoms with E-state index in [0.29, 0.717) is 4.88 Å². The van der Waals surface area contributed by atoms with Crippen LogP contribution in [-0.2, 0) is 23.8 Å². The third-order valence-electron chi connectivity index (χ3n) is 5.63. The summed E-state index contributed by atoms with van der Waals surface area (Å²) in [7, 11) is 0. The van der Waals surface area contributed by atoms with Crippen molar-refractivity contribution in [3.8, 4) is 0 Å². The molecule has 0 aromatic carbocycles. The lowest BCUT2D eigenvalue weighted by Gasteiger charge is -2.33. The molecule has 2 aliphatic rings. The zero-order valence-corrected chi connectivity index (χ0v) is 19.7. The van der Waals surface area contributed by atoms with E-state index in [1.807, 2.05) is 0 Å². The standard InChI is InChI=1S/C22H30N2O7S/c1-6-29-18(26)15-14-12(23-17(25)13-9-8-10-32-13)11-22(16(14)15,19(27)30-7-2)24-20(28)31-21(3,4)5/h8-10,12,14-16H,6-7,11H2,1-5H3,(H,23,25)(H,24,28). The predicted molar refractivity (Wildman–Crippen MR) is 116 cm³/mol. The Kier molecular flexibility index (Phi) is 6.83. The minimum Gasteiger partial charge on any atom is -0.466 e. The Balaban J connectivity index is 1.91. The van der Waals surface area contributed by atoms with Crippen LogP contribution < -0.4 is 10.6 Å². The number of hydrogen-bond acceptors (Lipinski definition) is 8. The number of carbonyl (C=O) groups excluding carboxylic acids is 4. The highest BCUT2D eigenvalue weighted by molar-refractivity contribution is 7.12. The van der Waals surface area contributed by atoms with E-state index in [-0.39, 0.29) is 31.5 Å². The van der Waals surface area contributed by atoms with Crippen molar-refractivity contribution < 1.29 is 33.4 Å². The number of nitrogens with one attached hydrogen (secondary N) is 2. The summed E-state index contributed by atoms with van der Waals surface area (Å²) in [5.41, 5.74) is -2.29. The molecular formula is C22H30N2O7S. The zero-order valence-electron chi connectivity index (χ0n) is 18.9. The smallest absolute Gasteiger partial charge is 0.408 e. The van der Waals surface area contributed by atoms with Crippen LogP contribution in [0.2, 0.25) is 0 Å². The van der Waals surface area contributed by atoms with E-state index in [9.17, 15) is 19.2 Å². The molecular weight excluding hydrogens is 436 g/mol. The zero-order chi connectivity index (χ0) is 23.7. The predicted octanol–water partition coefficient (Wildman–Crippen LogP) is 2.50. The Morgan fingerprint density at radius 1 is 1.16 bits per heavy atom. The minimum atomic E-state index is -1.51. The van der Waals surface area contributed by atoms with E-state index in [4.69, 9.17) is 14.2 Å². The molecule has 0 radical (unpaired) electrons. The van der Waals surface area contributed by atoms with Crippen molar-refractivity contribution in [2.24, 2.45) is 17.8 Å². The van der Waals surface area contributed by atoms with E-state index in [0.717, 1.165) is 0 Å². The Morgan fingerprint density at radius 2 is 1.84 bits per heavy atom. The van der Waals surface area contributed by atoms with Crippen LogP contribution in [0.1, 0.15) is 50.7 Å². The maximum atomic E-state index is 13.1. The lowest BCUT2D eigenvalue weighted by atomic mass is 9.88. The lowest BCUT2D eigenvalue weighted by Crippen LogP contribution is -2.59. The van der Waals surface area contributed by atoms with Crippen molar-refractivity contribution in [2.45, 2.75) is 58.2 Å². The lowest BCUT2D eigenvalue weighted by molar-refractivity contribution is -0.153. The molecule has 2 fully saturated rings. The van der Waals surface area contributed by atoms with Crippen LogP contribution in [-0.4, -0.2) is 54.3 Å². The summed E-state index contributed by atoms with van der Waals surface area (Å²) in [6.45, 7) is 8.79. The van der Waals surface area contributed by atoms with Gasteiger partial charge in [0.25, 0.3) is 5.91 Å². The molecule has 0 bridgehead atoms. The molecule has 1 aromatic heterocycles. The Bertz CT molecular complexity index is 879. The van der Waals surface area contributed by atoms with Crippen LogP contribution in [0.4, 0.5) is 4.79 Å². The highest BCUT2D eigenvalue weighted by atomic mass is 32.1. The van der Waals surface area contributed by atoms with Gasteiger partial charge in [-0.05, 0) is 52.0 Å². The molecule has 5 atom stereocenters. The maximum Gasteiger partial charge on any atom is 0.408 e. The molecule has 2 amide bonds. The first-order chi connectivity index (χ1) is 15.0. The van der Waals surface area contributed by atoms with Crippen LogP contribution in [0, 0.1) is 17.8 Å². The Hall–Kier alpha value is -2.62. The number of ether oxygens (including phenoxy) is 3. The average Bonchev–Trinajstić information content (AvgIpc) is 3.03. The molecule has 2 N–H and O–H groups in total. The van der Waals surface area contributed by atoms with Gasteiger partial charge in [0.2, 0.25) is 0 Å². The van der Waals surface area contributed by atoms with Crippen molar-refractivity contribution in [3.05, 3.63) is 22.4 Å². The summed E-state index contributed by atoms with van der Waals surface area (Å²) in [5.74, 6) is -2.98. The normalized spacial score (nSPS) is 28.3. The molecule has 32 heavy (non-hydrogen) atoms. The summed E-state index contributed by atoms with van der Waals surface area (Å²) in [6.07, 6.45) is -0.697. The minimum absolute atomic E-state index is 0.0907. The summed E-state index contributed by atoms with van der Waals surface area (Å²) in [4.78, 5) is 51.7. The largest absolute Gasteiger partial charge is 0.466 e. The quantitative estimate of drug-likeness (QED) is 0.468. The van der Waals surface area contributed by atoms with Crippen LogP contribution in [0.3, 0.4) is 0 Å². The summed E-state index contributed by atoms with van der Waals surface area (Å²) in [5, 5.41) is 7.42. The number of thiophene rings is 1. The number of hydrogen-bond donors (Lipinski definition) is 2. The first kappa shape index (κ1) is 24.0. The van der Waals surface area contributed by atoms with Gasteiger partial charge in [-0.25, -0.2) is 9.59 Å². The van der Waals surface area contributed by atoms with Gasteiger partial charge in [0.15, 0.2) is 0 Å². The highest BCUT2D eigenvalue weighted by Crippen LogP contribution is 2.63. The third-order valence-corrected chi connectivity index (χ3v) is 6.50. The second-order valence-electron chi connectivity index (χ2n) is 8.96. The molecule has 0 saturated heterocycles. The van der Waals surface area contributed by atoms with Gasteiger partial charge in [-0.1, -0.05) is 6.07 Å². The van der Waals surface area contributed by atoms with Crippen LogP contribution in [0.15, 0.2) is 17.5 Å². The second-order valence-corrected chi connectivity index (χ2v) is 9.91. The third kappa shape index (κ3) is 4.74. The van der Waals surface area contributed by atoms with Gasteiger partial charge in [0.05, 0.1) is 24.0 Å². The molecule has 0 spiro atoms. The molecule has 9 nitrogen and oxygen atoms in total. The molecule has 2 aliphatic carbocycles. The number of rotatable bonds is 7. The van der Waals surface area contributed by atoms with E-state index < -0.39 is 47.0 Å². The molecule has 5 unspecified atom stereocenters. The highest BCUT2D eigenvalue weighted by Gasteiger charge is 2.76. The summed E-state index contributed by atoms with van der Waals surface area (Å²) >= 11 is 1.29. The van der Waals surface area contributed by atoms with Gasteiger partial charge in [0.1, 0.15) is 11.1 Å².